The third kappa shape index (κ3) is 6.92. The Bertz CT molecular complexity index is 855. The van der Waals surface area contributed by atoms with E-state index in [9.17, 15) is 9.18 Å². The zero-order chi connectivity index (χ0) is 24.5. The van der Waals surface area contributed by atoms with Gasteiger partial charge in [-0.15, -0.1) is 0 Å². The van der Waals surface area contributed by atoms with Crippen LogP contribution in [0.5, 0.6) is 0 Å². The SMILES string of the molecule is CC.CC1CC(F)C2=C1C(N1CCN(C)CC1)=NCN2.NC[C@@H](C=O)c1ccc(Cl)c(Cl)c1. The second kappa shape index (κ2) is 13.3. The molecule has 0 spiro atoms. The van der Waals surface area contributed by atoms with Crippen LogP contribution in [0, 0.1) is 5.92 Å². The number of aldehydes is 1. The maximum atomic E-state index is 13.9. The van der Waals surface area contributed by atoms with Crippen molar-refractivity contribution >= 4 is 35.3 Å². The van der Waals surface area contributed by atoms with Gasteiger partial charge in [0.25, 0.3) is 0 Å². The van der Waals surface area contributed by atoms with Gasteiger partial charge in [-0.1, -0.05) is 50.0 Å². The number of carbonyl (C=O) groups is 1. The van der Waals surface area contributed by atoms with Crippen LogP contribution in [0.2, 0.25) is 10.0 Å². The number of amidine groups is 1. The fourth-order valence-corrected chi connectivity index (χ4v) is 4.42. The number of likely N-dealkylation sites (N-methyl/N-ethyl adjacent to an activating group) is 1. The number of halogens is 3. The first-order valence-corrected chi connectivity index (χ1v) is 12.3. The number of rotatable bonds is 3. The van der Waals surface area contributed by atoms with Crippen LogP contribution in [0.3, 0.4) is 0 Å². The van der Waals surface area contributed by atoms with Gasteiger partial charge in [0.05, 0.1) is 21.7 Å². The monoisotopic (exact) mass is 499 g/mol. The number of allylic oxidation sites excluding steroid dienone is 1. The van der Waals surface area contributed by atoms with Crippen molar-refractivity contribution < 1.29 is 9.18 Å². The van der Waals surface area contributed by atoms with Crippen LogP contribution in [0.25, 0.3) is 0 Å². The molecule has 1 aromatic carbocycles. The molecule has 2 aliphatic heterocycles. The van der Waals surface area contributed by atoms with E-state index in [2.05, 4.69) is 34.1 Å². The fraction of sp³-hybridized carbons (Fsp3) is 0.583. The van der Waals surface area contributed by atoms with Crippen LogP contribution >= 0.6 is 23.2 Å². The molecule has 1 aliphatic carbocycles. The Morgan fingerprint density at radius 3 is 2.48 bits per heavy atom. The minimum absolute atomic E-state index is 0.279. The highest BCUT2D eigenvalue weighted by atomic mass is 35.5. The number of nitrogens with zero attached hydrogens (tertiary/aromatic N) is 3. The van der Waals surface area contributed by atoms with Gasteiger partial charge in [0.15, 0.2) is 0 Å². The summed E-state index contributed by atoms with van der Waals surface area (Å²) in [7, 11) is 2.14. The summed E-state index contributed by atoms with van der Waals surface area (Å²) in [5.74, 6) is 1.03. The second-order valence-corrected chi connectivity index (χ2v) is 9.00. The lowest BCUT2D eigenvalue weighted by molar-refractivity contribution is -0.108. The standard InChI is InChI=1S/C13H21FN4.C9H9Cl2NO.C2H6/c1-9-7-10(14)12-11(9)13(16-8-15-12)18-5-3-17(2)4-6-18;10-8-2-1-6(3-9(8)11)7(4-12)5-13;1-2/h9-10,15H,3-8H2,1-2H3;1-3,5,7H,4,12H2;1-2H3/t;7-;/m.0./s1. The van der Waals surface area contributed by atoms with Gasteiger partial charge in [0.2, 0.25) is 0 Å². The highest BCUT2D eigenvalue weighted by molar-refractivity contribution is 6.42. The molecule has 3 aliphatic rings. The highest BCUT2D eigenvalue weighted by Crippen LogP contribution is 2.36. The first kappa shape index (κ1) is 27.6. The molecule has 1 fully saturated rings. The molecule has 9 heteroatoms. The third-order valence-corrected chi connectivity index (χ3v) is 6.73. The number of nitrogens with two attached hydrogens (primary N) is 1. The first-order chi connectivity index (χ1) is 15.8. The topological polar surface area (TPSA) is 74.0 Å². The highest BCUT2D eigenvalue weighted by Gasteiger charge is 2.37. The van der Waals surface area contributed by atoms with E-state index in [0.717, 1.165) is 55.1 Å². The van der Waals surface area contributed by atoms with Crippen molar-refractivity contribution in [3.63, 3.8) is 0 Å². The van der Waals surface area contributed by atoms with E-state index < -0.39 is 6.17 Å². The average molecular weight is 500 g/mol. The van der Waals surface area contributed by atoms with E-state index in [1.165, 1.54) is 0 Å². The molecule has 0 bridgehead atoms. The molecule has 4 rings (SSSR count). The molecule has 3 atom stereocenters. The summed E-state index contributed by atoms with van der Waals surface area (Å²) < 4.78 is 13.9. The van der Waals surface area contributed by atoms with Crippen LogP contribution in [0.15, 0.2) is 34.5 Å². The lowest BCUT2D eigenvalue weighted by Gasteiger charge is -2.37. The molecule has 0 amide bonds. The van der Waals surface area contributed by atoms with Gasteiger partial charge in [-0.25, -0.2) is 9.38 Å². The largest absolute Gasteiger partial charge is 0.367 e. The number of alkyl halides is 1. The van der Waals surface area contributed by atoms with Crippen molar-refractivity contribution in [2.24, 2.45) is 16.6 Å². The van der Waals surface area contributed by atoms with Crippen LogP contribution in [-0.4, -0.2) is 74.5 Å². The first-order valence-electron chi connectivity index (χ1n) is 11.6. The molecule has 0 radical (unpaired) electrons. The summed E-state index contributed by atoms with van der Waals surface area (Å²) in [5, 5.41) is 4.04. The van der Waals surface area contributed by atoms with Crippen molar-refractivity contribution in [3.05, 3.63) is 45.1 Å². The normalized spacial score (nSPS) is 23.3. The Morgan fingerprint density at radius 2 is 1.91 bits per heavy atom. The van der Waals surface area contributed by atoms with E-state index in [4.69, 9.17) is 28.9 Å². The van der Waals surface area contributed by atoms with Gasteiger partial charge < -0.3 is 25.6 Å². The summed E-state index contributed by atoms with van der Waals surface area (Å²) in [5.41, 5.74) is 8.12. The van der Waals surface area contributed by atoms with E-state index in [-0.39, 0.29) is 18.4 Å². The predicted octanol–water partition coefficient (Wildman–Crippen LogP) is 4.09. The second-order valence-electron chi connectivity index (χ2n) is 8.19. The molecule has 1 aromatic rings. The van der Waals surface area contributed by atoms with E-state index in [0.29, 0.717) is 23.1 Å². The molecule has 33 heavy (non-hydrogen) atoms. The summed E-state index contributed by atoms with van der Waals surface area (Å²) >= 11 is 11.5. The molecular weight excluding hydrogens is 464 g/mol. The van der Waals surface area contributed by atoms with Crippen molar-refractivity contribution in [2.45, 2.75) is 39.3 Å². The molecule has 6 nitrogen and oxygen atoms in total. The van der Waals surface area contributed by atoms with Crippen LogP contribution in [-0.2, 0) is 4.79 Å². The predicted molar refractivity (Wildman–Crippen MR) is 136 cm³/mol. The summed E-state index contributed by atoms with van der Waals surface area (Å²) in [4.78, 5) is 19.8. The smallest absolute Gasteiger partial charge is 0.140 e. The number of piperazine rings is 1. The van der Waals surface area contributed by atoms with Gasteiger partial charge in [0.1, 0.15) is 25.0 Å². The molecule has 2 heterocycles. The fourth-order valence-electron chi connectivity index (χ4n) is 4.11. The van der Waals surface area contributed by atoms with Gasteiger partial charge in [-0.3, -0.25) is 0 Å². The zero-order valence-electron chi connectivity index (χ0n) is 20.0. The molecule has 0 aromatic heterocycles. The number of benzene rings is 1. The van der Waals surface area contributed by atoms with Crippen molar-refractivity contribution in [1.29, 1.82) is 0 Å². The molecule has 1 saturated heterocycles. The number of carbonyl (C=O) groups excluding carboxylic acids is 1. The zero-order valence-corrected chi connectivity index (χ0v) is 21.5. The van der Waals surface area contributed by atoms with Gasteiger partial charge in [-0.05, 0) is 37.1 Å². The number of hydrogen-bond acceptors (Lipinski definition) is 6. The van der Waals surface area contributed by atoms with Crippen LogP contribution < -0.4 is 11.1 Å². The maximum absolute atomic E-state index is 13.9. The Kier molecular flexibility index (Phi) is 11.1. The van der Waals surface area contributed by atoms with E-state index in [1.807, 2.05) is 13.8 Å². The number of aliphatic imine (C=N–C) groups is 1. The minimum Gasteiger partial charge on any atom is -0.367 e. The maximum Gasteiger partial charge on any atom is 0.140 e. The van der Waals surface area contributed by atoms with Crippen molar-refractivity contribution in [3.8, 4) is 0 Å². The molecule has 0 saturated carbocycles. The summed E-state index contributed by atoms with van der Waals surface area (Å²) in [6.07, 6.45) is 0.581. The lowest BCUT2D eigenvalue weighted by atomic mass is 10.0. The van der Waals surface area contributed by atoms with Gasteiger partial charge in [-0.2, -0.15) is 0 Å². The molecule has 3 N–H and O–H groups in total. The van der Waals surface area contributed by atoms with Crippen LogP contribution in [0.1, 0.15) is 38.7 Å². The van der Waals surface area contributed by atoms with Gasteiger partial charge in [0, 0.05) is 38.3 Å². The Hall–Kier alpha value is -1.67. The summed E-state index contributed by atoms with van der Waals surface area (Å²) in [6.45, 7) is 11.0. The van der Waals surface area contributed by atoms with Crippen LogP contribution in [0.4, 0.5) is 4.39 Å². The third-order valence-electron chi connectivity index (χ3n) is 5.99. The molecule has 2 unspecified atom stereocenters. The summed E-state index contributed by atoms with van der Waals surface area (Å²) in [6, 6.07) is 5.07. The Labute approximate surface area is 207 Å². The average Bonchev–Trinajstić information content (AvgIpc) is 3.13. The van der Waals surface area contributed by atoms with Gasteiger partial charge >= 0.3 is 0 Å². The molecule has 184 valence electrons. The Balaban J connectivity index is 0.000000228. The van der Waals surface area contributed by atoms with E-state index in [1.54, 1.807) is 18.2 Å². The van der Waals surface area contributed by atoms with Crippen molar-refractivity contribution in [2.75, 3.05) is 46.4 Å². The lowest BCUT2D eigenvalue weighted by Crippen LogP contribution is -2.49. The molecular formula is C24H36Cl2FN5O. The number of nitrogens with one attached hydrogen (secondary N) is 1. The quantitative estimate of drug-likeness (QED) is 0.612. The Morgan fingerprint density at radius 1 is 1.24 bits per heavy atom. The number of hydrogen-bond donors (Lipinski definition) is 2. The van der Waals surface area contributed by atoms with Crippen molar-refractivity contribution in [1.82, 2.24) is 15.1 Å². The minimum atomic E-state index is -0.826. The van der Waals surface area contributed by atoms with E-state index >= 15 is 0 Å².